The van der Waals surface area contributed by atoms with E-state index in [-0.39, 0.29) is 52.9 Å². The Bertz CT molecular complexity index is 579. The van der Waals surface area contributed by atoms with Crippen LogP contribution < -0.4 is 10.2 Å². The average Bonchev–Trinajstić information content (AvgIpc) is 2.39. The van der Waals surface area contributed by atoms with E-state index in [2.05, 4.69) is 9.97 Å². The largest absolute Gasteiger partial charge is 2.00 e. The van der Waals surface area contributed by atoms with Crippen LogP contribution in [0.5, 0.6) is 0 Å². The Labute approximate surface area is 131 Å². The van der Waals surface area contributed by atoms with Crippen molar-refractivity contribution in [3.63, 3.8) is 0 Å². The molecule has 2 aromatic rings. The molecule has 2 heterocycles. The zero-order valence-electron chi connectivity index (χ0n) is 10.3. The van der Waals surface area contributed by atoms with Crippen molar-refractivity contribution in [2.24, 2.45) is 0 Å². The Morgan fingerprint density at radius 2 is 1.14 bits per heavy atom. The Balaban J connectivity index is 0. The topological polar surface area (TPSA) is 169 Å². The van der Waals surface area contributed by atoms with Crippen molar-refractivity contribution in [1.29, 1.82) is 0 Å². The van der Waals surface area contributed by atoms with Gasteiger partial charge in [-0.1, -0.05) is 0 Å². The molecule has 112 valence electrons. The van der Waals surface area contributed by atoms with Gasteiger partial charge in [0.2, 0.25) is 0 Å². The summed E-state index contributed by atoms with van der Waals surface area (Å²) in [4.78, 5) is 29.2. The Morgan fingerprint density at radius 1 is 0.810 bits per heavy atom. The molecule has 0 atom stereocenters. The van der Waals surface area contributed by atoms with E-state index in [1.807, 2.05) is 0 Å². The molecule has 0 saturated carbocycles. The van der Waals surface area contributed by atoms with Crippen molar-refractivity contribution >= 4 is 11.9 Å². The van der Waals surface area contributed by atoms with Gasteiger partial charge in [-0.3, -0.25) is 9.97 Å². The van der Waals surface area contributed by atoms with Crippen LogP contribution in [-0.2, 0) is 19.5 Å². The zero-order chi connectivity index (χ0) is 13.1. The summed E-state index contributed by atoms with van der Waals surface area (Å²) in [5, 5.41) is 21.4. The molecule has 4 N–H and O–H groups in total. The molecule has 0 bridgehead atoms. The number of nitrogens with zero attached hydrogens (tertiary/aromatic N) is 2. The van der Waals surface area contributed by atoms with Crippen LogP contribution >= 0.6 is 0 Å². The van der Waals surface area contributed by atoms with Gasteiger partial charge in [-0.25, -0.2) is 0 Å². The van der Waals surface area contributed by atoms with Crippen molar-refractivity contribution in [2.75, 3.05) is 0 Å². The second kappa shape index (κ2) is 8.86. The van der Waals surface area contributed by atoms with Gasteiger partial charge in [-0.15, -0.1) is 0 Å². The molecule has 0 fully saturated rings. The van der Waals surface area contributed by atoms with Gasteiger partial charge in [0, 0.05) is 23.5 Å². The van der Waals surface area contributed by atoms with Crippen LogP contribution in [0.4, 0.5) is 0 Å². The second-order valence-corrected chi connectivity index (χ2v) is 3.43. The Morgan fingerprint density at radius 3 is 1.43 bits per heavy atom. The van der Waals surface area contributed by atoms with Crippen LogP contribution in [0.15, 0.2) is 36.7 Å². The van der Waals surface area contributed by atoms with Crippen LogP contribution in [0, 0.1) is 0 Å². The molecule has 0 saturated heterocycles. The number of carbonyl (C=O) groups is 2. The first kappa shape index (κ1) is 21.1. The van der Waals surface area contributed by atoms with Gasteiger partial charge in [-0.2, -0.15) is 0 Å². The molecule has 9 heteroatoms. The molecule has 0 aliphatic carbocycles. The fourth-order valence-corrected chi connectivity index (χ4v) is 1.40. The Kier molecular flexibility index (Phi) is 8.89. The number of pyridine rings is 2. The normalized spacial score (nSPS) is 8.57. The first-order valence-electron chi connectivity index (χ1n) is 4.93. The van der Waals surface area contributed by atoms with E-state index in [1.54, 1.807) is 0 Å². The minimum absolute atomic E-state index is 0. The van der Waals surface area contributed by atoms with Crippen molar-refractivity contribution in [3.8, 4) is 11.4 Å². The summed E-state index contributed by atoms with van der Waals surface area (Å²) in [7, 11) is 0. The molecule has 0 spiro atoms. The van der Waals surface area contributed by atoms with E-state index < -0.39 is 11.9 Å². The van der Waals surface area contributed by atoms with Gasteiger partial charge in [0.15, 0.2) is 0 Å². The second-order valence-electron chi connectivity index (χ2n) is 3.43. The SMILES string of the molecule is O.O.O=C([O-])c1ccnc(-c2cc(C(=O)[O-])ccn2)c1.[Ru+2]. The summed E-state index contributed by atoms with van der Waals surface area (Å²) in [5.74, 6) is -2.68. The first-order chi connectivity index (χ1) is 8.58. The number of aromatic carboxylic acids is 2. The minimum atomic E-state index is -1.34. The molecule has 2 aromatic heterocycles. The van der Waals surface area contributed by atoms with Gasteiger partial charge in [0.25, 0.3) is 0 Å². The van der Waals surface area contributed by atoms with E-state index in [0.717, 1.165) is 0 Å². The van der Waals surface area contributed by atoms with Crippen LogP contribution in [0.25, 0.3) is 11.4 Å². The number of hydrogen-bond acceptors (Lipinski definition) is 6. The summed E-state index contributed by atoms with van der Waals surface area (Å²) in [6.07, 6.45) is 2.57. The van der Waals surface area contributed by atoms with E-state index in [1.165, 1.54) is 36.7 Å². The number of carboxylic acids is 2. The molecular weight excluding hydrogens is 369 g/mol. The smallest absolute Gasteiger partial charge is 0.545 e. The van der Waals surface area contributed by atoms with Crippen molar-refractivity contribution < 1.29 is 50.2 Å². The Hall–Kier alpha value is -2.22. The molecule has 21 heavy (non-hydrogen) atoms. The van der Waals surface area contributed by atoms with Gasteiger partial charge in [-0.05, 0) is 24.3 Å². The zero-order valence-corrected chi connectivity index (χ0v) is 12.1. The maximum atomic E-state index is 10.7. The molecule has 2 rings (SSSR count). The summed E-state index contributed by atoms with van der Waals surface area (Å²) in [6.45, 7) is 0. The van der Waals surface area contributed by atoms with E-state index in [9.17, 15) is 19.8 Å². The molecule has 0 aliphatic heterocycles. The molecule has 0 aliphatic rings. The van der Waals surface area contributed by atoms with Gasteiger partial charge < -0.3 is 30.8 Å². The molecule has 0 unspecified atom stereocenters. The number of carboxylic acid groups (broad SMARTS) is 2. The predicted molar refractivity (Wildman–Crippen MR) is 63.4 cm³/mol. The molecular formula is C12H10N2O6Ru. The molecule has 0 radical (unpaired) electrons. The fourth-order valence-electron chi connectivity index (χ4n) is 1.40. The fraction of sp³-hybridized carbons (Fsp3) is 0. The monoisotopic (exact) mass is 380 g/mol. The summed E-state index contributed by atoms with van der Waals surface area (Å²) >= 11 is 0. The molecule has 0 aromatic carbocycles. The van der Waals surface area contributed by atoms with Crippen molar-refractivity contribution in [2.45, 2.75) is 0 Å². The van der Waals surface area contributed by atoms with Gasteiger partial charge >= 0.3 is 19.5 Å². The maximum Gasteiger partial charge on any atom is 2.00 e. The number of rotatable bonds is 3. The predicted octanol–water partition coefficient (Wildman–Crippen LogP) is -2.78. The van der Waals surface area contributed by atoms with Gasteiger partial charge in [0.1, 0.15) is 0 Å². The maximum absolute atomic E-state index is 10.7. The van der Waals surface area contributed by atoms with Crippen LogP contribution in [-0.4, -0.2) is 32.9 Å². The van der Waals surface area contributed by atoms with E-state index in [4.69, 9.17) is 0 Å². The van der Waals surface area contributed by atoms with Gasteiger partial charge in [0.05, 0.1) is 23.3 Å². The quantitative estimate of drug-likeness (QED) is 0.522. The number of aromatic nitrogens is 2. The first-order valence-corrected chi connectivity index (χ1v) is 4.93. The number of carbonyl (C=O) groups excluding carboxylic acids is 2. The van der Waals surface area contributed by atoms with E-state index >= 15 is 0 Å². The van der Waals surface area contributed by atoms with Crippen LogP contribution in [0.2, 0.25) is 0 Å². The standard InChI is InChI=1S/C12H8N2O4.2H2O.Ru/c15-11(16)7-1-3-13-9(5-7)10-6-8(12(17)18)2-4-14-10;;;/h1-6H,(H,15,16)(H,17,18);2*1H2;/q;;;+2/p-2. The summed E-state index contributed by atoms with van der Waals surface area (Å²) < 4.78 is 0. The van der Waals surface area contributed by atoms with Crippen molar-refractivity contribution in [3.05, 3.63) is 47.8 Å². The molecule has 8 nitrogen and oxygen atoms in total. The number of hydrogen-bond donors (Lipinski definition) is 0. The van der Waals surface area contributed by atoms with Crippen molar-refractivity contribution in [1.82, 2.24) is 9.97 Å². The van der Waals surface area contributed by atoms with Crippen LogP contribution in [0.3, 0.4) is 0 Å². The molecule has 0 amide bonds. The van der Waals surface area contributed by atoms with Crippen LogP contribution in [0.1, 0.15) is 20.7 Å². The average molecular weight is 379 g/mol. The summed E-state index contributed by atoms with van der Waals surface area (Å²) in [5.41, 5.74) is 0.390. The summed E-state index contributed by atoms with van der Waals surface area (Å²) in [6, 6.07) is 5.08. The third kappa shape index (κ3) is 4.99. The third-order valence-corrected chi connectivity index (χ3v) is 2.25. The van der Waals surface area contributed by atoms with E-state index in [0.29, 0.717) is 0 Å². The minimum Gasteiger partial charge on any atom is -0.545 e. The third-order valence-electron chi connectivity index (χ3n) is 2.25.